The van der Waals surface area contributed by atoms with E-state index in [0.717, 1.165) is 11.5 Å². The third kappa shape index (κ3) is 4.45. The third-order valence-corrected chi connectivity index (χ3v) is 7.49. The first kappa shape index (κ1) is 9.96. The lowest BCUT2D eigenvalue weighted by atomic mass is 10.7. The Labute approximate surface area is 71.8 Å². The molecule has 0 N–H and O–H groups in total. The normalized spacial score (nSPS) is 21.0. The predicted molar refractivity (Wildman–Crippen MR) is 43.8 cm³/mol. The second-order valence-electron chi connectivity index (χ2n) is 1.78. The maximum absolute atomic E-state index is 11.6. The Morgan fingerprint density at radius 2 is 1.82 bits per heavy atom. The maximum Gasteiger partial charge on any atom is 0.412 e. The number of rotatable bonds is 2. The van der Waals surface area contributed by atoms with Crippen molar-refractivity contribution in [1.29, 1.82) is 0 Å². The Morgan fingerprint density at radius 1 is 1.27 bits per heavy atom. The van der Waals surface area contributed by atoms with Crippen molar-refractivity contribution >= 4 is 29.3 Å². The van der Waals surface area contributed by atoms with Crippen LogP contribution in [0.5, 0.6) is 0 Å². The minimum Gasteiger partial charge on any atom is -0.329 e. The average Bonchev–Trinajstić information content (AvgIpc) is 2.32. The first-order valence-electron chi connectivity index (χ1n) is 2.83. The SMILES string of the molecule is FC(F)(F)COP1SCCS1. The highest BCUT2D eigenvalue weighted by Crippen LogP contribution is 2.66. The van der Waals surface area contributed by atoms with Gasteiger partial charge in [0.2, 0.25) is 0 Å². The van der Waals surface area contributed by atoms with E-state index in [9.17, 15) is 13.2 Å². The molecule has 11 heavy (non-hydrogen) atoms. The maximum atomic E-state index is 11.6. The molecule has 0 aromatic rings. The number of alkyl halides is 3. The Balaban J connectivity index is 2.11. The van der Waals surface area contributed by atoms with Crippen LogP contribution in [0.1, 0.15) is 0 Å². The molecular formula is C4H6F3OPS2. The van der Waals surface area contributed by atoms with E-state index in [1.165, 1.54) is 22.8 Å². The molecule has 0 radical (unpaired) electrons. The fourth-order valence-corrected chi connectivity index (χ4v) is 7.07. The van der Waals surface area contributed by atoms with Crippen LogP contribution in [-0.4, -0.2) is 24.3 Å². The highest BCUT2D eigenvalue weighted by Gasteiger charge is 2.30. The van der Waals surface area contributed by atoms with Crippen LogP contribution in [0.25, 0.3) is 0 Å². The van der Waals surface area contributed by atoms with Gasteiger partial charge in [-0.1, -0.05) is 22.8 Å². The molecule has 66 valence electrons. The van der Waals surface area contributed by atoms with Crippen LogP contribution in [0.4, 0.5) is 13.2 Å². The van der Waals surface area contributed by atoms with Crippen molar-refractivity contribution in [3.8, 4) is 0 Å². The number of halogens is 3. The summed E-state index contributed by atoms with van der Waals surface area (Å²) >= 11 is 2.98. The van der Waals surface area contributed by atoms with Crippen LogP contribution in [-0.2, 0) is 4.52 Å². The molecule has 1 rings (SSSR count). The molecule has 1 heterocycles. The summed E-state index contributed by atoms with van der Waals surface area (Å²) in [6, 6.07) is 0. The predicted octanol–water partition coefficient (Wildman–Crippen LogP) is 3.27. The van der Waals surface area contributed by atoms with E-state index in [2.05, 4.69) is 4.52 Å². The van der Waals surface area contributed by atoms with E-state index in [1.807, 2.05) is 0 Å². The summed E-state index contributed by atoms with van der Waals surface area (Å²) in [5.74, 6) is 1.82. The van der Waals surface area contributed by atoms with Gasteiger partial charge in [0.15, 0.2) is 6.55 Å². The zero-order valence-corrected chi connectivity index (χ0v) is 7.95. The molecule has 0 aromatic heterocycles. The van der Waals surface area contributed by atoms with Gasteiger partial charge in [-0.15, -0.1) is 0 Å². The fraction of sp³-hybridized carbons (Fsp3) is 1.00. The number of hydrogen-bond acceptors (Lipinski definition) is 3. The summed E-state index contributed by atoms with van der Waals surface area (Å²) in [5, 5.41) is 0. The van der Waals surface area contributed by atoms with Crippen LogP contribution in [0.2, 0.25) is 0 Å². The topological polar surface area (TPSA) is 9.23 Å². The van der Waals surface area contributed by atoms with Gasteiger partial charge < -0.3 is 4.52 Å². The molecular weight excluding hydrogens is 216 g/mol. The summed E-state index contributed by atoms with van der Waals surface area (Å²) in [5.41, 5.74) is 0. The van der Waals surface area contributed by atoms with E-state index < -0.39 is 19.3 Å². The molecule has 1 saturated heterocycles. The van der Waals surface area contributed by atoms with Crippen molar-refractivity contribution in [2.45, 2.75) is 6.18 Å². The van der Waals surface area contributed by atoms with Gasteiger partial charge in [-0.3, -0.25) is 0 Å². The fourth-order valence-electron chi connectivity index (χ4n) is 0.461. The third-order valence-electron chi connectivity index (χ3n) is 0.810. The van der Waals surface area contributed by atoms with E-state index in [-0.39, 0.29) is 0 Å². The molecule has 1 fully saturated rings. The van der Waals surface area contributed by atoms with Gasteiger partial charge in [0.1, 0.15) is 6.61 Å². The molecule has 0 amide bonds. The van der Waals surface area contributed by atoms with E-state index in [4.69, 9.17) is 0 Å². The molecule has 1 nitrogen and oxygen atoms in total. The van der Waals surface area contributed by atoms with Crippen molar-refractivity contribution in [2.75, 3.05) is 18.1 Å². The summed E-state index contributed by atoms with van der Waals surface area (Å²) in [4.78, 5) is 0. The van der Waals surface area contributed by atoms with Crippen LogP contribution in [0, 0.1) is 0 Å². The molecule has 1 aliphatic heterocycles. The molecule has 1 aliphatic rings. The van der Waals surface area contributed by atoms with Gasteiger partial charge in [0.05, 0.1) is 0 Å². The highest BCUT2D eigenvalue weighted by atomic mass is 33.1. The summed E-state index contributed by atoms with van der Waals surface area (Å²) in [6.45, 7) is -1.99. The number of hydrogen-bond donors (Lipinski definition) is 0. The first-order chi connectivity index (χ1) is 5.08. The lowest BCUT2D eigenvalue weighted by Crippen LogP contribution is -2.14. The molecule has 0 aliphatic carbocycles. The molecule has 0 bridgehead atoms. The Kier molecular flexibility index (Phi) is 3.81. The molecule has 0 saturated carbocycles. The second kappa shape index (κ2) is 4.21. The van der Waals surface area contributed by atoms with Crippen LogP contribution in [0.15, 0.2) is 0 Å². The molecule has 0 unspecified atom stereocenters. The van der Waals surface area contributed by atoms with Gasteiger partial charge >= 0.3 is 6.18 Å². The van der Waals surface area contributed by atoms with Crippen molar-refractivity contribution < 1.29 is 17.7 Å². The Morgan fingerprint density at radius 3 is 2.27 bits per heavy atom. The first-order valence-corrected chi connectivity index (χ1v) is 7.28. The van der Waals surface area contributed by atoms with Crippen molar-refractivity contribution in [1.82, 2.24) is 0 Å². The Hall–Kier alpha value is 0.880. The van der Waals surface area contributed by atoms with E-state index >= 15 is 0 Å². The minimum atomic E-state index is -4.17. The van der Waals surface area contributed by atoms with Gasteiger partial charge in [0, 0.05) is 11.5 Å². The van der Waals surface area contributed by atoms with Gasteiger partial charge in [-0.05, 0) is 0 Å². The smallest absolute Gasteiger partial charge is 0.329 e. The minimum absolute atomic E-state index is 0.896. The van der Waals surface area contributed by atoms with Gasteiger partial charge in [-0.2, -0.15) is 13.2 Å². The van der Waals surface area contributed by atoms with Crippen molar-refractivity contribution in [3.63, 3.8) is 0 Å². The molecule has 0 spiro atoms. The zero-order valence-electron chi connectivity index (χ0n) is 5.43. The lowest BCUT2D eigenvalue weighted by Gasteiger charge is -2.10. The standard InChI is InChI=1S/C4H6F3OPS2/c5-4(6,7)3-8-9-10-1-2-11-9/h1-3H2. The van der Waals surface area contributed by atoms with Crippen molar-refractivity contribution in [2.24, 2.45) is 0 Å². The Bertz CT molecular complexity index is 125. The van der Waals surface area contributed by atoms with Gasteiger partial charge in [0.25, 0.3) is 0 Å². The second-order valence-corrected chi connectivity index (χ2v) is 8.05. The highest BCUT2D eigenvalue weighted by molar-refractivity contribution is 8.88. The molecule has 0 aromatic carbocycles. The summed E-state index contributed by atoms with van der Waals surface area (Å²) in [7, 11) is 0. The average molecular weight is 222 g/mol. The summed E-state index contributed by atoms with van der Waals surface area (Å²) < 4.78 is 39.4. The lowest BCUT2D eigenvalue weighted by molar-refractivity contribution is -0.151. The quantitative estimate of drug-likeness (QED) is 0.663. The van der Waals surface area contributed by atoms with Crippen LogP contribution >= 0.6 is 29.3 Å². The largest absolute Gasteiger partial charge is 0.412 e. The van der Waals surface area contributed by atoms with E-state index in [1.54, 1.807) is 0 Å². The molecule has 7 heteroatoms. The monoisotopic (exact) mass is 222 g/mol. The van der Waals surface area contributed by atoms with Gasteiger partial charge in [-0.25, -0.2) is 0 Å². The van der Waals surface area contributed by atoms with Crippen LogP contribution in [0.3, 0.4) is 0 Å². The summed E-state index contributed by atoms with van der Waals surface area (Å²) in [6.07, 6.45) is -4.17. The van der Waals surface area contributed by atoms with Crippen molar-refractivity contribution in [3.05, 3.63) is 0 Å². The van der Waals surface area contributed by atoms with Crippen LogP contribution < -0.4 is 0 Å². The molecule has 0 atom stereocenters. The van der Waals surface area contributed by atoms with E-state index in [0.29, 0.717) is 0 Å². The zero-order chi connectivity index (χ0) is 8.32.